The molecule has 0 bridgehead atoms. The molecule has 5 rings (SSSR count). The fourth-order valence-corrected chi connectivity index (χ4v) is 4.75. The van der Waals surface area contributed by atoms with Crippen molar-refractivity contribution in [2.45, 2.75) is 31.7 Å². The molecule has 0 unspecified atom stereocenters. The number of nitrogens with one attached hydrogen (secondary N) is 2. The first kappa shape index (κ1) is 22.4. The number of aliphatic hydroxyl groups excluding tert-OH is 1. The number of aliphatic hydroxyl groups is 1. The monoisotopic (exact) mass is 476 g/mol. The van der Waals surface area contributed by atoms with Gasteiger partial charge in [-0.15, -0.1) is 0 Å². The quantitative estimate of drug-likeness (QED) is 0.300. The minimum Gasteiger partial charge on any atom is -0.456 e. The molecule has 0 amide bonds. The number of rotatable bonds is 7. The number of ether oxygens (including phenoxy) is 1. The fourth-order valence-electron chi connectivity index (χ4n) is 4.50. The van der Waals surface area contributed by atoms with Crippen LogP contribution in [0.15, 0.2) is 61.2 Å². The summed E-state index contributed by atoms with van der Waals surface area (Å²) in [6.07, 6.45) is 10.6. The Hall–Kier alpha value is -3.42. The topological polar surface area (TPSA) is 100 Å². The molecule has 0 spiro atoms. The molecule has 4 aromatic rings. The van der Waals surface area contributed by atoms with Gasteiger partial charge in [-0.1, -0.05) is 11.6 Å². The number of carbonyl (C=O) groups excluding carboxylic acids is 1. The number of aromatic amines is 1. The van der Waals surface area contributed by atoms with E-state index in [9.17, 15) is 9.90 Å². The Kier molecular flexibility index (Phi) is 6.47. The molecule has 1 fully saturated rings. The number of aromatic nitrogens is 3. The van der Waals surface area contributed by atoms with Gasteiger partial charge in [-0.25, -0.2) is 4.98 Å². The molecule has 3 N–H and O–H groups in total. The first-order chi connectivity index (χ1) is 16.6. The average Bonchev–Trinajstić information content (AvgIpc) is 3.30. The SMILES string of the molecule is O=C(c1ccc(Oc2cccnc2)cc1Cl)c1c[nH]c2nccc(N[C@H]3CC[C@@H](CO)CC3)c12. The summed E-state index contributed by atoms with van der Waals surface area (Å²) in [5.74, 6) is 1.30. The Labute approximate surface area is 202 Å². The molecule has 1 aliphatic rings. The molecule has 3 aromatic heterocycles. The Balaban J connectivity index is 1.40. The number of nitrogens with zero attached hydrogens (tertiary/aromatic N) is 2. The van der Waals surface area contributed by atoms with E-state index in [0.717, 1.165) is 36.8 Å². The van der Waals surface area contributed by atoms with Crippen molar-refractivity contribution in [3.63, 3.8) is 0 Å². The van der Waals surface area contributed by atoms with Gasteiger partial charge in [0.25, 0.3) is 0 Å². The summed E-state index contributed by atoms with van der Waals surface area (Å²) >= 11 is 6.50. The van der Waals surface area contributed by atoms with Crippen LogP contribution < -0.4 is 10.1 Å². The van der Waals surface area contributed by atoms with Crippen molar-refractivity contribution in [2.75, 3.05) is 11.9 Å². The molecule has 8 heteroatoms. The van der Waals surface area contributed by atoms with Crippen LogP contribution in [0.25, 0.3) is 11.0 Å². The third-order valence-corrected chi connectivity index (χ3v) is 6.65. The van der Waals surface area contributed by atoms with Gasteiger partial charge in [-0.2, -0.15) is 0 Å². The van der Waals surface area contributed by atoms with Crippen molar-refractivity contribution in [1.29, 1.82) is 0 Å². The summed E-state index contributed by atoms with van der Waals surface area (Å²) in [4.78, 5) is 25.0. The maximum absolute atomic E-state index is 13.5. The second-order valence-electron chi connectivity index (χ2n) is 8.59. The van der Waals surface area contributed by atoms with Gasteiger partial charge in [0.15, 0.2) is 5.78 Å². The van der Waals surface area contributed by atoms with E-state index in [-0.39, 0.29) is 12.4 Å². The molecule has 0 saturated heterocycles. The van der Waals surface area contributed by atoms with E-state index in [0.29, 0.717) is 45.3 Å². The minimum atomic E-state index is -0.191. The molecule has 7 nitrogen and oxygen atoms in total. The highest BCUT2D eigenvalue weighted by atomic mass is 35.5. The van der Waals surface area contributed by atoms with Crippen LogP contribution in [-0.2, 0) is 0 Å². The molecular weight excluding hydrogens is 452 g/mol. The van der Waals surface area contributed by atoms with Crippen LogP contribution in [0.4, 0.5) is 5.69 Å². The van der Waals surface area contributed by atoms with Crippen molar-refractivity contribution >= 4 is 34.1 Å². The van der Waals surface area contributed by atoms with E-state index in [2.05, 4.69) is 20.3 Å². The summed E-state index contributed by atoms with van der Waals surface area (Å²) in [5, 5.41) is 14.1. The van der Waals surface area contributed by atoms with Gasteiger partial charge in [0.1, 0.15) is 17.1 Å². The second kappa shape index (κ2) is 9.83. The number of ketones is 1. The molecule has 1 saturated carbocycles. The zero-order valence-electron chi connectivity index (χ0n) is 18.5. The number of halogens is 1. The van der Waals surface area contributed by atoms with Crippen LogP contribution in [0.2, 0.25) is 5.02 Å². The Morgan fingerprint density at radius 1 is 1.12 bits per heavy atom. The standard InChI is InChI=1S/C26H25ClN4O3/c27-22-12-18(34-19-2-1-10-28-13-19)7-8-20(22)25(33)21-14-30-26-24(21)23(9-11-29-26)31-17-5-3-16(15-32)4-6-17/h1-2,7-14,16-17,32H,3-6,15H2,(H2,29,30,31)/t16-,17+. The van der Waals surface area contributed by atoms with Crippen LogP contribution in [0.5, 0.6) is 11.5 Å². The summed E-state index contributed by atoms with van der Waals surface area (Å²) in [7, 11) is 0. The lowest BCUT2D eigenvalue weighted by Gasteiger charge is -2.29. The molecule has 1 aliphatic carbocycles. The first-order valence-electron chi connectivity index (χ1n) is 11.4. The fraction of sp³-hybridized carbons (Fsp3) is 0.269. The largest absolute Gasteiger partial charge is 0.456 e. The van der Waals surface area contributed by atoms with Gasteiger partial charge in [0.2, 0.25) is 0 Å². The van der Waals surface area contributed by atoms with E-state index in [1.807, 2.05) is 6.07 Å². The second-order valence-corrected chi connectivity index (χ2v) is 9.00. The number of fused-ring (bicyclic) bond motifs is 1. The summed E-state index contributed by atoms with van der Waals surface area (Å²) in [5.41, 5.74) is 2.41. The van der Waals surface area contributed by atoms with E-state index in [4.69, 9.17) is 16.3 Å². The predicted molar refractivity (Wildman–Crippen MR) is 132 cm³/mol. The maximum atomic E-state index is 13.5. The molecule has 174 valence electrons. The normalized spacial score (nSPS) is 18.1. The van der Waals surface area contributed by atoms with Gasteiger partial charge in [-0.05, 0) is 61.9 Å². The maximum Gasteiger partial charge on any atom is 0.196 e. The highest BCUT2D eigenvalue weighted by Gasteiger charge is 2.24. The zero-order chi connectivity index (χ0) is 23.5. The summed E-state index contributed by atoms with van der Waals surface area (Å²) in [6.45, 7) is 0.246. The van der Waals surface area contributed by atoms with Gasteiger partial charge >= 0.3 is 0 Å². The smallest absolute Gasteiger partial charge is 0.196 e. The number of hydrogen-bond acceptors (Lipinski definition) is 6. The summed E-state index contributed by atoms with van der Waals surface area (Å²) in [6, 6.07) is 10.8. The average molecular weight is 477 g/mol. The van der Waals surface area contributed by atoms with E-state index in [1.165, 1.54) is 0 Å². The highest BCUT2D eigenvalue weighted by Crippen LogP contribution is 2.33. The van der Waals surface area contributed by atoms with Crippen LogP contribution in [-0.4, -0.2) is 38.5 Å². The number of carbonyl (C=O) groups is 1. The van der Waals surface area contributed by atoms with E-state index in [1.54, 1.807) is 55.1 Å². The number of benzene rings is 1. The molecule has 1 aromatic carbocycles. The van der Waals surface area contributed by atoms with Gasteiger partial charge in [0, 0.05) is 48.6 Å². The first-order valence-corrected chi connectivity index (χ1v) is 11.8. The Bertz CT molecular complexity index is 1300. The van der Waals surface area contributed by atoms with Crippen LogP contribution >= 0.6 is 11.6 Å². The lowest BCUT2D eigenvalue weighted by Crippen LogP contribution is -2.27. The van der Waals surface area contributed by atoms with E-state index < -0.39 is 0 Å². The lowest BCUT2D eigenvalue weighted by atomic mass is 9.86. The number of anilines is 1. The lowest BCUT2D eigenvalue weighted by molar-refractivity contribution is 0.104. The predicted octanol–water partition coefficient (Wildman–Crippen LogP) is 5.60. The Morgan fingerprint density at radius 3 is 2.71 bits per heavy atom. The highest BCUT2D eigenvalue weighted by molar-refractivity contribution is 6.35. The number of hydrogen-bond donors (Lipinski definition) is 3. The van der Waals surface area contributed by atoms with Gasteiger partial charge < -0.3 is 20.1 Å². The third-order valence-electron chi connectivity index (χ3n) is 6.34. The van der Waals surface area contributed by atoms with Crippen LogP contribution in [0.1, 0.15) is 41.6 Å². The van der Waals surface area contributed by atoms with Crippen molar-refractivity contribution in [3.05, 3.63) is 77.3 Å². The van der Waals surface area contributed by atoms with E-state index >= 15 is 0 Å². The number of pyridine rings is 2. The molecular formula is C26H25ClN4O3. The van der Waals surface area contributed by atoms with Crippen LogP contribution in [0.3, 0.4) is 0 Å². The number of H-pyrrole nitrogens is 1. The molecule has 0 atom stereocenters. The molecule has 3 heterocycles. The Morgan fingerprint density at radius 2 is 1.97 bits per heavy atom. The third kappa shape index (κ3) is 4.62. The molecule has 34 heavy (non-hydrogen) atoms. The van der Waals surface area contributed by atoms with Crippen molar-refractivity contribution < 1.29 is 14.6 Å². The van der Waals surface area contributed by atoms with Gasteiger partial charge in [-0.3, -0.25) is 9.78 Å². The van der Waals surface area contributed by atoms with Crippen molar-refractivity contribution in [3.8, 4) is 11.5 Å². The molecule has 0 aliphatic heterocycles. The molecule has 0 radical (unpaired) electrons. The minimum absolute atomic E-state index is 0.191. The zero-order valence-corrected chi connectivity index (χ0v) is 19.3. The van der Waals surface area contributed by atoms with Crippen molar-refractivity contribution in [2.24, 2.45) is 5.92 Å². The van der Waals surface area contributed by atoms with Crippen LogP contribution in [0, 0.1) is 5.92 Å². The van der Waals surface area contributed by atoms with Crippen molar-refractivity contribution in [1.82, 2.24) is 15.0 Å². The van der Waals surface area contributed by atoms with Gasteiger partial charge in [0.05, 0.1) is 22.2 Å². The summed E-state index contributed by atoms with van der Waals surface area (Å²) < 4.78 is 5.77.